The van der Waals surface area contributed by atoms with E-state index in [-0.39, 0.29) is 0 Å². The van der Waals surface area contributed by atoms with Crippen molar-refractivity contribution in [2.24, 2.45) is 0 Å². The summed E-state index contributed by atoms with van der Waals surface area (Å²) in [6.07, 6.45) is 8.35. The molecule has 1 aromatic carbocycles. The molecule has 3 rings (SSSR count). The molecule has 2 nitrogen and oxygen atoms in total. The van der Waals surface area contributed by atoms with E-state index in [9.17, 15) is 0 Å². The second-order valence-electron chi connectivity index (χ2n) is 6.21. The van der Waals surface area contributed by atoms with Gasteiger partial charge in [-0.1, -0.05) is 43.5 Å². The Kier molecular flexibility index (Phi) is 6.02. The van der Waals surface area contributed by atoms with E-state index >= 15 is 0 Å². The van der Waals surface area contributed by atoms with Crippen LogP contribution in [0.3, 0.4) is 0 Å². The van der Waals surface area contributed by atoms with Crippen LogP contribution in [0.2, 0.25) is 0 Å². The van der Waals surface area contributed by atoms with Crippen LogP contribution >= 0.6 is 11.8 Å². The molecular formula is C18H27NOS. The Bertz CT molecular complexity index is 431. The molecule has 1 fully saturated rings. The smallest absolute Gasteiger partial charge is 0.0575 e. The Morgan fingerprint density at radius 1 is 1.14 bits per heavy atom. The van der Waals surface area contributed by atoms with Crippen molar-refractivity contribution in [2.75, 3.05) is 18.9 Å². The van der Waals surface area contributed by atoms with E-state index in [0.717, 1.165) is 19.6 Å². The maximum Gasteiger partial charge on any atom is 0.0575 e. The average Bonchev–Trinajstić information content (AvgIpc) is 2.56. The number of hydrogen-bond donors (Lipinski definition) is 1. The first kappa shape index (κ1) is 15.4. The molecule has 1 aliphatic carbocycles. The maximum atomic E-state index is 6.00. The zero-order valence-corrected chi connectivity index (χ0v) is 13.7. The number of thioether (sulfide) groups is 1. The van der Waals surface area contributed by atoms with Gasteiger partial charge in [0.2, 0.25) is 0 Å². The molecule has 1 atom stereocenters. The van der Waals surface area contributed by atoms with Gasteiger partial charge in [-0.05, 0) is 36.9 Å². The topological polar surface area (TPSA) is 21.3 Å². The predicted molar refractivity (Wildman–Crippen MR) is 90.8 cm³/mol. The van der Waals surface area contributed by atoms with Gasteiger partial charge in [-0.3, -0.25) is 0 Å². The van der Waals surface area contributed by atoms with Crippen LogP contribution in [0, 0.1) is 0 Å². The summed E-state index contributed by atoms with van der Waals surface area (Å²) in [6, 6.07) is 9.39. The van der Waals surface area contributed by atoms with Crippen LogP contribution in [0.1, 0.15) is 55.7 Å². The molecule has 0 amide bonds. The SMILES string of the molecule is c1ccc2c(c1)CSCC2NCCCOC1CCCCC1. The fourth-order valence-corrected chi connectivity index (χ4v) is 4.52. The van der Waals surface area contributed by atoms with Gasteiger partial charge >= 0.3 is 0 Å². The number of nitrogens with one attached hydrogen (secondary N) is 1. The van der Waals surface area contributed by atoms with E-state index < -0.39 is 0 Å². The van der Waals surface area contributed by atoms with Gasteiger partial charge in [0.25, 0.3) is 0 Å². The van der Waals surface area contributed by atoms with Gasteiger partial charge in [-0.15, -0.1) is 0 Å². The van der Waals surface area contributed by atoms with E-state index in [0.29, 0.717) is 12.1 Å². The third-order valence-corrected chi connectivity index (χ3v) is 5.67. The highest BCUT2D eigenvalue weighted by atomic mass is 32.2. The molecule has 0 bridgehead atoms. The minimum Gasteiger partial charge on any atom is -0.378 e. The van der Waals surface area contributed by atoms with Crippen molar-refractivity contribution in [3.05, 3.63) is 35.4 Å². The fraction of sp³-hybridized carbons (Fsp3) is 0.667. The summed E-state index contributed by atoms with van der Waals surface area (Å²) < 4.78 is 6.00. The van der Waals surface area contributed by atoms with Crippen molar-refractivity contribution < 1.29 is 4.74 Å². The van der Waals surface area contributed by atoms with Crippen molar-refractivity contribution in [1.29, 1.82) is 0 Å². The van der Waals surface area contributed by atoms with E-state index in [4.69, 9.17) is 4.74 Å². The Morgan fingerprint density at radius 2 is 2.00 bits per heavy atom. The van der Waals surface area contributed by atoms with Crippen LogP contribution in [-0.4, -0.2) is 25.0 Å². The van der Waals surface area contributed by atoms with Crippen LogP contribution in [0.5, 0.6) is 0 Å². The second kappa shape index (κ2) is 8.21. The largest absolute Gasteiger partial charge is 0.378 e. The molecule has 0 radical (unpaired) electrons. The summed E-state index contributed by atoms with van der Waals surface area (Å²) in [5, 5.41) is 3.71. The lowest BCUT2D eigenvalue weighted by molar-refractivity contribution is 0.0271. The quantitative estimate of drug-likeness (QED) is 0.792. The summed E-state index contributed by atoms with van der Waals surface area (Å²) in [5.41, 5.74) is 3.01. The molecule has 0 saturated heterocycles. The minimum absolute atomic E-state index is 0.523. The standard InChI is InChI=1S/C18H27NOS/c1-2-8-16(9-3-1)20-12-6-11-19-18-14-21-13-15-7-4-5-10-17(15)18/h4-5,7,10,16,18-19H,1-3,6,8-9,11-14H2. The number of benzene rings is 1. The maximum absolute atomic E-state index is 6.00. The highest BCUT2D eigenvalue weighted by molar-refractivity contribution is 7.98. The van der Waals surface area contributed by atoms with Crippen molar-refractivity contribution in [1.82, 2.24) is 5.32 Å². The summed E-state index contributed by atoms with van der Waals surface area (Å²) in [4.78, 5) is 0. The summed E-state index contributed by atoms with van der Waals surface area (Å²) in [6.45, 7) is 1.98. The third-order valence-electron chi connectivity index (χ3n) is 4.59. The van der Waals surface area contributed by atoms with Gasteiger partial charge in [0.1, 0.15) is 0 Å². The lowest BCUT2D eigenvalue weighted by Gasteiger charge is -2.26. The number of hydrogen-bond acceptors (Lipinski definition) is 3. The highest BCUT2D eigenvalue weighted by Crippen LogP contribution is 2.31. The van der Waals surface area contributed by atoms with Gasteiger partial charge in [-0.2, -0.15) is 11.8 Å². The minimum atomic E-state index is 0.523. The van der Waals surface area contributed by atoms with Crippen LogP contribution in [0.15, 0.2) is 24.3 Å². The fourth-order valence-electron chi connectivity index (χ4n) is 3.38. The van der Waals surface area contributed by atoms with Gasteiger partial charge in [0.05, 0.1) is 6.10 Å². The van der Waals surface area contributed by atoms with Gasteiger partial charge in [0, 0.05) is 24.2 Å². The molecule has 21 heavy (non-hydrogen) atoms. The number of fused-ring (bicyclic) bond motifs is 1. The first-order chi connectivity index (χ1) is 10.4. The monoisotopic (exact) mass is 305 g/mol. The zero-order chi connectivity index (χ0) is 14.3. The molecule has 116 valence electrons. The zero-order valence-electron chi connectivity index (χ0n) is 12.9. The Morgan fingerprint density at radius 3 is 2.90 bits per heavy atom. The summed E-state index contributed by atoms with van der Waals surface area (Å²) in [7, 11) is 0. The molecule has 2 aliphatic rings. The summed E-state index contributed by atoms with van der Waals surface area (Å²) in [5.74, 6) is 2.36. The number of rotatable bonds is 6. The second-order valence-corrected chi connectivity index (χ2v) is 7.24. The highest BCUT2D eigenvalue weighted by Gasteiger charge is 2.19. The molecule has 0 aromatic heterocycles. The lowest BCUT2D eigenvalue weighted by Crippen LogP contribution is -2.28. The first-order valence-corrected chi connectivity index (χ1v) is 9.59. The van der Waals surface area contributed by atoms with E-state index in [1.54, 1.807) is 0 Å². The molecule has 1 N–H and O–H groups in total. The van der Waals surface area contributed by atoms with Gasteiger partial charge < -0.3 is 10.1 Å². The molecule has 1 aliphatic heterocycles. The number of ether oxygens (including phenoxy) is 1. The van der Waals surface area contributed by atoms with Crippen molar-refractivity contribution in [3.8, 4) is 0 Å². The summed E-state index contributed by atoms with van der Waals surface area (Å²) >= 11 is 2.04. The average molecular weight is 305 g/mol. The lowest BCUT2D eigenvalue weighted by atomic mass is 9.98. The molecular weight excluding hydrogens is 278 g/mol. The molecule has 1 saturated carbocycles. The Labute approximate surface area is 133 Å². The van der Waals surface area contributed by atoms with E-state index in [1.165, 1.54) is 54.7 Å². The van der Waals surface area contributed by atoms with Crippen molar-refractivity contribution >= 4 is 11.8 Å². The normalized spacial score (nSPS) is 23.0. The first-order valence-electron chi connectivity index (χ1n) is 8.44. The van der Waals surface area contributed by atoms with Crippen LogP contribution < -0.4 is 5.32 Å². The van der Waals surface area contributed by atoms with Crippen molar-refractivity contribution in [3.63, 3.8) is 0 Å². The predicted octanol–water partition coefficient (Wildman–Crippen LogP) is 4.30. The molecule has 0 spiro atoms. The van der Waals surface area contributed by atoms with Gasteiger partial charge in [-0.25, -0.2) is 0 Å². The molecule has 1 aromatic rings. The van der Waals surface area contributed by atoms with Gasteiger partial charge in [0.15, 0.2) is 0 Å². The van der Waals surface area contributed by atoms with Crippen LogP contribution in [0.4, 0.5) is 0 Å². The Balaban J connectivity index is 1.36. The molecule has 1 unspecified atom stereocenters. The third kappa shape index (κ3) is 4.48. The molecule has 1 heterocycles. The van der Waals surface area contributed by atoms with E-state index in [2.05, 4.69) is 29.6 Å². The molecule has 3 heteroatoms. The Hall–Kier alpha value is -0.510. The van der Waals surface area contributed by atoms with Crippen LogP contribution in [0.25, 0.3) is 0 Å². The van der Waals surface area contributed by atoms with Crippen LogP contribution in [-0.2, 0) is 10.5 Å². The van der Waals surface area contributed by atoms with E-state index in [1.807, 2.05) is 11.8 Å². The van der Waals surface area contributed by atoms with Crippen molar-refractivity contribution in [2.45, 2.75) is 56.4 Å².